The monoisotopic (exact) mass is 395 g/mol. The lowest BCUT2D eigenvalue weighted by Gasteiger charge is -2.50. The average Bonchev–Trinajstić information content (AvgIpc) is 3.31. The van der Waals surface area contributed by atoms with Gasteiger partial charge in [0.1, 0.15) is 0 Å². The second-order valence-corrected chi connectivity index (χ2v) is 8.40. The van der Waals surface area contributed by atoms with Crippen molar-refractivity contribution in [2.75, 3.05) is 19.6 Å². The number of likely N-dealkylation sites (tertiary alicyclic amines) is 1. The SMILES string of the molecule is Cn1cccc1C(=O)C(=O)N1CCC2(CC1)c1nc[nH]c1CCN2C(=O)C1CC1. The first-order valence-electron chi connectivity index (χ1n) is 10.3. The van der Waals surface area contributed by atoms with Crippen molar-refractivity contribution in [3.63, 3.8) is 0 Å². The van der Waals surface area contributed by atoms with Crippen LogP contribution >= 0.6 is 0 Å². The number of carbonyl (C=O) groups excluding carboxylic acids is 3. The van der Waals surface area contributed by atoms with Crippen LogP contribution in [-0.4, -0.2) is 61.6 Å². The molecule has 8 heteroatoms. The van der Waals surface area contributed by atoms with Gasteiger partial charge in [-0.2, -0.15) is 0 Å². The van der Waals surface area contributed by atoms with E-state index < -0.39 is 17.2 Å². The van der Waals surface area contributed by atoms with Gasteiger partial charge in [-0.3, -0.25) is 14.4 Å². The van der Waals surface area contributed by atoms with E-state index in [0.717, 1.165) is 30.7 Å². The molecule has 152 valence electrons. The Kier molecular flexibility index (Phi) is 4.11. The van der Waals surface area contributed by atoms with Crippen molar-refractivity contribution < 1.29 is 14.4 Å². The minimum atomic E-state index is -0.483. The Hall–Kier alpha value is -2.90. The summed E-state index contributed by atoms with van der Waals surface area (Å²) in [5, 5.41) is 0. The zero-order chi connectivity index (χ0) is 20.2. The molecule has 0 bridgehead atoms. The number of hydrogen-bond donors (Lipinski definition) is 1. The van der Waals surface area contributed by atoms with Crippen molar-refractivity contribution in [1.82, 2.24) is 24.3 Å². The standard InChI is InChI=1S/C21H25N5O3/c1-24-9-2-3-16(24)17(27)20(29)25-11-7-21(8-12-25)18-15(22-13-23-18)6-10-26(21)19(28)14-4-5-14/h2-3,9,13-14H,4-8,10-12H2,1H3,(H,22,23). The molecule has 1 aliphatic carbocycles. The van der Waals surface area contributed by atoms with Crippen LogP contribution in [0.25, 0.3) is 0 Å². The Balaban J connectivity index is 1.38. The molecule has 2 amide bonds. The van der Waals surface area contributed by atoms with Crippen LogP contribution in [0.15, 0.2) is 24.7 Å². The summed E-state index contributed by atoms with van der Waals surface area (Å²) >= 11 is 0. The number of aryl methyl sites for hydroxylation is 1. The number of nitrogens with zero attached hydrogens (tertiary/aromatic N) is 4. The fraction of sp³-hybridized carbons (Fsp3) is 0.524. The third kappa shape index (κ3) is 2.81. The van der Waals surface area contributed by atoms with Gasteiger partial charge in [-0.05, 0) is 37.8 Å². The van der Waals surface area contributed by atoms with Crippen LogP contribution in [0.3, 0.4) is 0 Å². The predicted molar refractivity (Wildman–Crippen MR) is 104 cm³/mol. The van der Waals surface area contributed by atoms with E-state index in [1.54, 1.807) is 41.2 Å². The number of amides is 2. The van der Waals surface area contributed by atoms with Gasteiger partial charge in [-0.25, -0.2) is 4.98 Å². The number of H-pyrrole nitrogens is 1. The maximum atomic E-state index is 13.0. The van der Waals surface area contributed by atoms with E-state index in [0.29, 0.717) is 38.2 Å². The molecule has 1 saturated heterocycles. The number of aromatic amines is 1. The minimum absolute atomic E-state index is 0.144. The van der Waals surface area contributed by atoms with Gasteiger partial charge in [-0.1, -0.05) is 0 Å². The summed E-state index contributed by atoms with van der Waals surface area (Å²) < 4.78 is 1.67. The fourth-order valence-corrected chi connectivity index (χ4v) is 4.89. The molecule has 4 heterocycles. The summed E-state index contributed by atoms with van der Waals surface area (Å²) in [5.74, 6) is -0.590. The molecule has 8 nitrogen and oxygen atoms in total. The van der Waals surface area contributed by atoms with E-state index in [2.05, 4.69) is 9.97 Å². The van der Waals surface area contributed by atoms with Crippen molar-refractivity contribution in [1.29, 1.82) is 0 Å². The lowest BCUT2D eigenvalue weighted by atomic mass is 9.78. The van der Waals surface area contributed by atoms with Gasteiger partial charge in [-0.15, -0.1) is 0 Å². The van der Waals surface area contributed by atoms with E-state index in [1.807, 2.05) is 4.90 Å². The molecular weight excluding hydrogens is 370 g/mol. The third-order valence-electron chi connectivity index (χ3n) is 6.70. The summed E-state index contributed by atoms with van der Waals surface area (Å²) in [4.78, 5) is 49.9. The zero-order valence-corrected chi connectivity index (χ0v) is 16.6. The van der Waals surface area contributed by atoms with E-state index in [1.165, 1.54) is 0 Å². The topological polar surface area (TPSA) is 91.3 Å². The maximum absolute atomic E-state index is 13.0. The van der Waals surface area contributed by atoms with Crippen molar-refractivity contribution >= 4 is 17.6 Å². The van der Waals surface area contributed by atoms with Gasteiger partial charge in [0, 0.05) is 50.9 Å². The Morgan fingerprint density at radius 2 is 1.93 bits per heavy atom. The van der Waals surface area contributed by atoms with E-state index in [4.69, 9.17) is 0 Å². The first-order chi connectivity index (χ1) is 14.0. The molecule has 0 radical (unpaired) electrons. The van der Waals surface area contributed by atoms with Gasteiger partial charge < -0.3 is 19.4 Å². The number of rotatable bonds is 3. The number of aromatic nitrogens is 3. The number of imidazole rings is 1. The molecule has 3 aliphatic rings. The lowest BCUT2D eigenvalue weighted by molar-refractivity contribution is -0.144. The molecule has 0 unspecified atom stereocenters. The summed E-state index contributed by atoms with van der Waals surface area (Å²) in [6.07, 6.45) is 7.39. The van der Waals surface area contributed by atoms with Gasteiger partial charge in [0.2, 0.25) is 5.91 Å². The highest BCUT2D eigenvalue weighted by Gasteiger charge is 2.51. The highest BCUT2D eigenvalue weighted by atomic mass is 16.2. The molecule has 1 N–H and O–H groups in total. The first-order valence-corrected chi connectivity index (χ1v) is 10.3. The Labute approximate surface area is 168 Å². The van der Waals surface area contributed by atoms with Gasteiger partial charge in [0.05, 0.1) is 23.3 Å². The molecule has 0 atom stereocenters. The molecule has 29 heavy (non-hydrogen) atoms. The number of Topliss-reactive ketones (excluding diaryl/α,β-unsaturated/α-hetero) is 1. The van der Waals surface area contributed by atoms with Crippen LogP contribution in [0.4, 0.5) is 0 Å². The van der Waals surface area contributed by atoms with Crippen molar-refractivity contribution in [2.24, 2.45) is 13.0 Å². The molecule has 2 aromatic heterocycles. The summed E-state index contributed by atoms with van der Waals surface area (Å²) in [7, 11) is 1.76. The highest BCUT2D eigenvalue weighted by Crippen LogP contribution is 2.45. The van der Waals surface area contributed by atoms with Crippen LogP contribution in [0, 0.1) is 5.92 Å². The molecular formula is C21H25N5O3. The van der Waals surface area contributed by atoms with E-state index in [-0.39, 0.29) is 11.8 Å². The Morgan fingerprint density at radius 3 is 2.59 bits per heavy atom. The maximum Gasteiger partial charge on any atom is 0.296 e. The predicted octanol–water partition coefficient (Wildman–Crippen LogP) is 1.24. The molecule has 2 aromatic rings. The third-order valence-corrected chi connectivity index (χ3v) is 6.70. The zero-order valence-electron chi connectivity index (χ0n) is 16.6. The van der Waals surface area contributed by atoms with Crippen molar-refractivity contribution in [2.45, 2.75) is 37.6 Å². The largest absolute Gasteiger partial charge is 0.348 e. The smallest absolute Gasteiger partial charge is 0.296 e. The number of piperidine rings is 1. The summed E-state index contributed by atoms with van der Waals surface area (Å²) in [6, 6.07) is 3.42. The van der Waals surface area contributed by atoms with Crippen LogP contribution in [-0.2, 0) is 28.6 Å². The Bertz CT molecular complexity index is 978. The highest BCUT2D eigenvalue weighted by molar-refractivity contribution is 6.42. The minimum Gasteiger partial charge on any atom is -0.348 e. The summed E-state index contributed by atoms with van der Waals surface area (Å²) in [5.41, 5.74) is 1.95. The number of nitrogens with one attached hydrogen (secondary N) is 1. The quantitative estimate of drug-likeness (QED) is 0.625. The van der Waals surface area contributed by atoms with Crippen LogP contribution in [0.5, 0.6) is 0 Å². The van der Waals surface area contributed by atoms with Gasteiger partial charge in [0.15, 0.2) is 0 Å². The number of carbonyl (C=O) groups is 3. The Morgan fingerprint density at radius 1 is 1.17 bits per heavy atom. The molecule has 2 fully saturated rings. The van der Waals surface area contributed by atoms with Crippen LogP contribution in [0.1, 0.15) is 47.6 Å². The average molecular weight is 395 g/mol. The number of ketones is 1. The number of hydrogen-bond acceptors (Lipinski definition) is 4. The molecule has 1 saturated carbocycles. The molecule has 2 aliphatic heterocycles. The van der Waals surface area contributed by atoms with Crippen LogP contribution < -0.4 is 0 Å². The number of fused-ring (bicyclic) bond motifs is 2. The second-order valence-electron chi connectivity index (χ2n) is 8.40. The fourth-order valence-electron chi connectivity index (χ4n) is 4.89. The van der Waals surface area contributed by atoms with E-state index in [9.17, 15) is 14.4 Å². The van der Waals surface area contributed by atoms with Gasteiger partial charge in [0.25, 0.3) is 11.7 Å². The van der Waals surface area contributed by atoms with Crippen molar-refractivity contribution in [3.8, 4) is 0 Å². The molecule has 0 aromatic carbocycles. The van der Waals surface area contributed by atoms with E-state index >= 15 is 0 Å². The van der Waals surface area contributed by atoms with Crippen molar-refractivity contribution in [3.05, 3.63) is 41.7 Å². The van der Waals surface area contributed by atoms with Crippen LogP contribution in [0.2, 0.25) is 0 Å². The normalized spacial score (nSPS) is 20.6. The second kappa shape index (κ2) is 6.57. The first kappa shape index (κ1) is 18.1. The van der Waals surface area contributed by atoms with Gasteiger partial charge >= 0.3 is 0 Å². The lowest BCUT2D eigenvalue weighted by Crippen LogP contribution is -2.59. The molecule has 1 spiro atoms. The molecule has 5 rings (SSSR count). The summed E-state index contributed by atoms with van der Waals surface area (Å²) in [6.45, 7) is 1.56.